The van der Waals surface area contributed by atoms with Gasteiger partial charge >= 0.3 is 25.7 Å². The molecular formula is C48H78NO11P. The highest BCUT2D eigenvalue weighted by Crippen LogP contribution is 2.43. The van der Waals surface area contributed by atoms with Crippen molar-refractivity contribution >= 4 is 25.7 Å². The molecule has 0 aliphatic heterocycles. The van der Waals surface area contributed by atoms with Crippen molar-refractivity contribution in [2.24, 2.45) is 5.73 Å². The zero-order valence-corrected chi connectivity index (χ0v) is 38.0. The van der Waals surface area contributed by atoms with Gasteiger partial charge in [-0.2, -0.15) is 0 Å². The molecule has 0 aromatic rings. The van der Waals surface area contributed by atoms with Gasteiger partial charge in [0.1, 0.15) is 12.6 Å². The van der Waals surface area contributed by atoms with Crippen molar-refractivity contribution in [1.82, 2.24) is 0 Å². The molecule has 346 valence electrons. The SMILES string of the molecule is CCCCC/C=C\C/C=C\C/C=C\C/C=C\CCCCCC(=O)OC[C@H](COP(=O)(O)OC[C@H](N)C(=O)O)OC(=O)CCC/C=C\C/C=C\C/C=C\C/C=C\CCC[C@H](C)O. The highest BCUT2D eigenvalue weighted by Gasteiger charge is 2.28. The Morgan fingerprint density at radius 2 is 1.00 bits per heavy atom. The van der Waals surface area contributed by atoms with E-state index in [0.29, 0.717) is 19.3 Å². The Balaban J connectivity index is 4.53. The number of phosphoric ester groups is 1. The lowest BCUT2D eigenvalue weighted by Gasteiger charge is -2.20. The number of phosphoric acid groups is 1. The number of nitrogens with two attached hydrogens (primary N) is 1. The number of unbranched alkanes of at least 4 members (excludes halogenated alkanes) is 8. The van der Waals surface area contributed by atoms with Crippen LogP contribution in [0.5, 0.6) is 0 Å². The Bertz CT molecular complexity index is 1410. The Kier molecular flexibility index (Phi) is 39.2. The second kappa shape index (κ2) is 41.7. The summed E-state index contributed by atoms with van der Waals surface area (Å²) in [7, 11) is -4.75. The first-order chi connectivity index (χ1) is 29.5. The number of hydrogen-bond acceptors (Lipinski definition) is 10. The molecule has 5 N–H and O–H groups in total. The fourth-order valence-corrected chi connectivity index (χ4v) is 6.07. The summed E-state index contributed by atoms with van der Waals surface area (Å²) in [6.07, 6.45) is 50.4. The number of carboxylic acid groups (broad SMARTS) is 1. The number of allylic oxidation sites excluding steroid dienone is 16. The van der Waals surface area contributed by atoms with E-state index in [0.717, 1.165) is 77.0 Å². The van der Waals surface area contributed by atoms with Gasteiger partial charge in [0.2, 0.25) is 0 Å². The lowest BCUT2D eigenvalue weighted by atomic mass is 10.1. The van der Waals surface area contributed by atoms with Crippen LogP contribution in [0.3, 0.4) is 0 Å². The number of aliphatic carboxylic acids is 1. The van der Waals surface area contributed by atoms with Gasteiger partial charge in [-0.05, 0) is 110 Å². The van der Waals surface area contributed by atoms with Gasteiger partial charge in [-0.1, -0.05) is 123 Å². The molecule has 0 aromatic carbocycles. The molecule has 0 aliphatic carbocycles. The highest BCUT2D eigenvalue weighted by atomic mass is 31.2. The van der Waals surface area contributed by atoms with Crippen LogP contribution in [0.1, 0.15) is 149 Å². The van der Waals surface area contributed by atoms with Crippen molar-refractivity contribution in [2.75, 3.05) is 19.8 Å². The average molecular weight is 876 g/mol. The molecular weight excluding hydrogens is 797 g/mol. The number of esters is 2. The van der Waals surface area contributed by atoms with Gasteiger partial charge in [-0.15, -0.1) is 0 Å². The van der Waals surface area contributed by atoms with Crippen molar-refractivity contribution in [3.8, 4) is 0 Å². The predicted molar refractivity (Wildman–Crippen MR) is 246 cm³/mol. The van der Waals surface area contributed by atoms with Crippen LogP contribution in [0.15, 0.2) is 97.2 Å². The van der Waals surface area contributed by atoms with Gasteiger partial charge in [0.05, 0.1) is 19.3 Å². The van der Waals surface area contributed by atoms with E-state index < -0.39 is 57.7 Å². The number of rotatable bonds is 40. The summed E-state index contributed by atoms with van der Waals surface area (Å²) in [6.45, 7) is 2.21. The van der Waals surface area contributed by atoms with Gasteiger partial charge in [0, 0.05) is 12.8 Å². The normalized spacial score (nSPS) is 15.1. The molecule has 0 spiro atoms. The van der Waals surface area contributed by atoms with Crippen molar-refractivity contribution < 1.29 is 52.6 Å². The molecule has 0 fully saturated rings. The maximum atomic E-state index is 12.6. The van der Waals surface area contributed by atoms with E-state index in [1.807, 2.05) is 12.2 Å². The lowest BCUT2D eigenvalue weighted by Crippen LogP contribution is -2.34. The first kappa shape index (κ1) is 57.4. The number of carboxylic acids is 1. The van der Waals surface area contributed by atoms with E-state index in [-0.39, 0.29) is 18.9 Å². The van der Waals surface area contributed by atoms with Gasteiger partial charge in [0.15, 0.2) is 6.10 Å². The van der Waals surface area contributed by atoms with E-state index in [4.69, 9.17) is 24.8 Å². The molecule has 0 aromatic heterocycles. The van der Waals surface area contributed by atoms with E-state index in [1.165, 1.54) is 25.7 Å². The Hall–Kier alpha value is -3.64. The minimum atomic E-state index is -4.75. The van der Waals surface area contributed by atoms with Crippen LogP contribution in [-0.2, 0) is 37.5 Å². The first-order valence-corrected chi connectivity index (χ1v) is 23.8. The topological polar surface area (TPSA) is 192 Å². The van der Waals surface area contributed by atoms with Gasteiger partial charge in [-0.3, -0.25) is 23.4 Å². The molecule has 0 heterocycles. The zero-order valence-electron chi connectivity index (χ0n) is 37.1. The van der Waals surface area contributed by atoms with Gasteiger partial charge in [-0.25, -0.2) is 4.57 Å². The molecule has 4 atom stereocenters. The molecule has 0 radical (unpaired) electrons. The third kappa shape index (κ3) is 42.8. The first-order valence-electron chi connectivity index (χ1n) is 22.3. The summed E-state index contributed by atoms with van der Waals surface area (Å²) in [5, 5.41) is 18.2. The number of carbonyl (C=O) groups excluding carboxylic acids is 2. The second-order valence-corrected chi connectivity index (χ2v) is 16.2. The van der Waals surface area contributed by atoms with Gasteiger partial charge in [0.25, 0.3) is 0 Å². The summed E-state index contributed by atoms with van der Waals surface area (Å²) in [6, 6.07) is -1.55. The third-order valence-electron chi connectivity index (χ3n) is 8.82. The van der Waals surface area contributed by atoms with Crippen LogP contribution in [0, 0.1) is 0 Å². The number of hydrogen-bond donors (Lipinski definition) is 4. The number of aliphatic hydroxyl groups is 1. The van der Waals surface area contributed by atoms with Crippen LogP contribution in [-0.4, -0.2) is 71.1 Å². The quantitative estimate of drug-likeness (QED) is 0.0197. The number of aliphatic hydroxyl groups excluding tert-OH is 1. The summed E-state index contributed by atoms with van der Waals surface area (Å²) in [5.41, 5.74) is 5.33. The van der Waals surface area contributed by atoms with Crippen molar-refractivity contribution in [3.05, 3.63) is 97.2 Å². The molecule has 0 saturated heterocycles. The molecule has 1 unspecified atom stereocenters. The molecule has 0 rings (SSSR count). The maximum Gasteiger partial charge on any atom is 0.472 e. The van der Waals surface area contributed by atoms with Crippen molar-refractivity contribution in [3.63, 3.8) is 0 Å². The van der Waals surface area contributed by atoms with Crippen LogP contribution < -0.4 is 5.73 Å². The van der Waals surface area contributed by atoms with Crippen LogP contribution >= 0.6 is 7.82 Å². The molecule has 12 nitrogen and oxygen atoms in total. The molecule has 0 aliphatic rings. The standard InChI is InChI=1S/C48H78NO11P/c1-3-4-5-6-7-8-9-10-11-12-13-14-17-20-23-26-29-32-35-38-46(51)57-40-44(41-58-61(55,56)59-42-45(49)48(53)54)60-47(52)39-36-33-30-27-24-21-18-15-16-19-22-25-28-31-34-37-43(2)50/h7-8,10-11,13-14,16,18-21,23,25,27-28,30,43-45,50H,3-6,9,12,15,17,22,24,26,29,31-42,49H2,1-2H3,(H,53,54)(H,55,56)/b8-7-,11-10-,14-13-,19-16-,21-18-,23-20-,28-25-,30-27-/t43-,44+,45-/m0/s1. The van der Waals surface area contributed by atoms with Gasteiger partial charge < -0.3 is 30.3 Å². The minimum absolute atomic E-state index is 0.0601. The fraction of sp³-hybridized carbons (Fsp3) is 0.604. The minimum Gasteiger partial charge on any atom is -0.480 e. The second-order valence-electron chi connectivity index (χ2n) is 14.8. The Morgan fingerprint density at radius 3 is 1.48 bits per heavy atom. The summed E-state index contributed by atoms with van der Waals surface area (Å²) in [4.78, 5) is 46.0. The zero-order chi connectivity index (χ0) is 45.1. The Morgan fingerprint density at radius 1 is 0.574 bits per heavy atom. The van der Waals surface area contributed by atoms with E-state index in [1.54, 1.807) is 6.92 Å². The number of ether oxygens (including phenoxy) is 2. The smallest absolute Gasteiger partial charge is 0.472 e. The average Bonchev–Trinajstić information content (AvgIpc) is 3.22. The van der Waals surface area contributed by atoms with Crippen LogP contribution in [0.4, 0.5) is 0 Å². The van der Waals surface area contributed by atoms with E-state index in [9.17, 15) is 28.9 Å². The molecule has 61 heavy (non-hydrogen) atoms. The van der Waals surface area contributed by atoms with Crippen LogP contribution in [0.2, 0.25) is 0 Å². The summed E-state index contributed by atoms with van der Waals surface area (Å²) in [5.74, 6) is -2.53. The monoisotopic (exact) mass is 876 g/mol. The molecule has 0 bridgehead atoms. The largest absolute Gasteiger partial charge is 0.480 e. The van der Waals surface area contributed by atoms with Crippen LogP contribution in [0.25, 0.3) is 0 Å². The van der Waals surface area contributed by atoms with Crippen molar-refractivity contribution in [1.29, 1.82) is 0 Å². The van der Waals surface area contributed by atoms with Crippen molar-refractivity contribution in [2.45, 2.75) is 167 Å². The lowest BCUT2D eigenvalue weighted by molar-refractivity contribution is -0.161. The molecule has 0 saturated carbocycles. The summed E-state index contributed by atoms with van der Waals surface area (Å²) >= 11 is 0. The fourth-order valence-electron chi connectivity index (χ4n) is 5.29. The Labute approximate surface area is 367 Å². The predicted octanol–water partition coefficient (Wildman–Crippen LogP) is 11.0. The summed E-state index contributed by atoms with van der Waals surface area (Å²) < 4.78 is 32.6. The maximum absolute atomic E-state index is 12.6. The van der Waals surface area contributed by atoms with E-state index in [2.05, 4.69) is 96.5 Å². The molecule has 13 heteroatoms. The van der Waals surface area contributed by atoms with E-state index >= 15 is 0 Å². The highest BCUT2D eigenvalue weighted by molar-refractivity contribution is 7.47. The molecule has 0 amide bonds. The number of carbonyl (C=O) groups is 3. The third-order valence-corrected chi connectivity index (χ3v) is 9.77.